The van der Waals surface area contributed by atoms with Crippen LogP contribution in [0.5, 0.6) is 34.5 Å². The molecule has 0 bridgehead atoms. The lowest BCUT2D eigenvalue weighted by molar-refractivity contribution is 0.447. The maximum Gasteiger partial charge on any atom is 0.443 e. The van der Waals surface area contributed by atoms with Crippen molar-refractivity contribution in [3.8, 4) is 34.5 Å². The fourth-order valence-electron chi connectivity index (χ4n) is 7.18. The molecule has 0 aliphatic rings. The van der Waals surface area contributed by atoms with Crippen LogP contribution >= 0.6 is 24.7 Å². The van der Waals surface area contributed by atoms with Gasteiger partial charge in [-0.15, -0.1) is 9.37 Å². The van der Waals surface area contributed by atoms with Crippen molar-refractivity contribution in [3.63, 3.8) is 0 Å². The highest BCUT2D eigenvalue weighted by atomic mass is 31.3. The molecule has 6 aromatic carbocycles. The van der Waals surface area contributed by atoms with E-state index in [1.165, 1.54) is 22.3 Å². The van der Waals surface area contributed by atoms with Gasteiger partial charge in [-0.1, -0.05) is 197 Å². The molecular weight excluding hydrogens is 938 g/mol. The van der Waals surface area contributed by atoms with Gasteiger partial charge in [0.05, 0.1) is 0 Å². The van der Waals surface area contributed by atoms with Crippen molar-refractivity contribution in [2.75, 3.05) is 0 Å². The Labute approximate surface area is 429 Å². The normalized spacial score (nSPS) is 13.0. The van der Waals surface area contributed by atoms with E-state index >= 15 is 0 Å². The molecule has 0 aliphatic heterocycles. The number of benzene rings is 6. The molecule has 0 amide bonds. The SMILES string of the molecule is CC(C)(C)c1ccc(OP(N=P(NP(Oc2ccc(C(C)(C)C)cc2)Oc2ccc(C(C)(C)C)cc2)(Oc2ccc(C(C)(C)C)cc2)Oc2ccc(C(C)(C)C)cc2)Oc2ccc(C(C)(C)C)cc2)cc1. The lowest BCUT2D eigenvalue weighted by atomic mass is 9.87. The zero-order valence-corrected chi connectivity index (χ0v) is 48.3. The molecule has 0 unspecified atom stereocenters. The largest absolute Gasteiger partial charge is 0.443 e. The van der Waals surface area contributed by atoms with Crippen molar-refractivity contribution in [1.29, 1.82) is 0 Å². The summed E-state index contributed by atoms with van der Waals surface area (Å²) in [5, 5.41) is 0. The van der Waals surface area contributed by atoms with Crippen LogP contribution in [-0.4, -0.2) is 0 Å². The zero-order valence-electron chi connectivity index (χ0n) is 45.6. The van der Waals surface area contributed by atoms with E-state index in [4.69, 9.17) is 31.7 Å². The number of rotatable bonds is 15. The van der Waals surface area contributed by atoms with E-state index in [0.29, 0.717) is 34.5 Å². The average molecular weight is 1020 g/mol. The van der Waals surface area contributed by atoms with Crippen LogP contribution in [0.3, 0.4) is 0 Å². The van der Waals surface area contributed by atoms with Crippen LogP contribution in [0, 0.1) is 0 Å². The fraction of sp³-hybridized carbons (Fsp3) is 0.400. The maximum atomic E-state index is 7.26. The van der Waals surface area contributed by atoms with E-state index in [2.05, 4.69) is 202 Å². The Balaban J connectivity index is 1.60. The summed E-state index contributed by atoms with van der Waals surface area (Å²) in [6.45, 7) is 39.4. The molecule has 0 aromatic heterocycles. The van der Waals surface area contributed by atoms with Gasteiger partial charge in [0.15, 0.2) is 0 Å². The first-order chi connectivity index (χ1) is 32.8. The summed E-state index contributed by atoms with van der Waals surface area (Å²) in [6, 6.07) is 48.6. The monoisotopic (exact) mass is 1020 g/mol. The molecule has 0 saturated heterocycles. The highest BCUT2D eigenvalue weighted by Gasteiger charge is 2.38. The minimum atomic E-state index is -3.92. The first-order valence-corrected chi connectivity index (χ1v) is 28.5. The van der Waals surface area contributed by atoms with Crippen molar-refractivity contribution in [2.24, 2.45) is 4.52 Å². The molecule has 0 fully saturated rings. The first kappa shape index (κ1) is 55.5. The molecule has 380 valence electrons. The Morgan fingerprint density at radius 3 is 0.704 bits per heavy atom. The lowest BCUT2D eigenvalue weighted by Gasteiger charge is -2.30. The van der Waals surface area contributed by atoms with Crippen LogP contribution in [0.25, 0.3) is 0 Å². The van der Waals surface area contributed by atoms with Crippen LogP contribution in [0.4, 0.5) is 0 Å². The second kappa shape index (κ2) is 21.7. The molecule has 8 nitrogen and oxygen atoms in total. The summed E-state index contributed by atoms with van der Waals surface area (Å²) in [6.07, 6.45) is 0. The van der Waals surface area contributed by atoms with Gasteiger partial charge >= 0.3 is 24.7 Å². The van der Waals surface area contributed by atoms with Crippen molar-refractivity contribution < 1.29 is 27.1 Å². The summed E-state index contributed by atoms with van der Waals surface area (Å²) in [4.78, 5) is 3.68. The lowest BCUT2D eigenvalue weighted by Crippen LogP contribution is -2.20. The topological polar surface area (TPSA) is 79.8 Å². The zero-order chi connectivity index (χ0) is 52.2. The predicted octanol–water partition coefficient (Wildman–Crippen LogP) is 19.2. The molecule has 0 heterocycles. The second-order valence-corrected chi connectivity index (χ2v) is 29.0. The Morgan fingerprint density at radius 2 is 0.493 bits per heavy atom. The maximum absolute atomic E-state index is 7.26. The van der Waals surface area contributed by atoms with Gasteiger partial charge in [-0.3, -0.25) is 0 Å². The van der Waals surface area contributed by atoms with Crippen LogP contribution < -0.4 is 32.0 Å². The Morgan fingerprint density at radius 1 is 0.296 bits per heavy atom. The molecule has 71 heavy (non-hydrogen) atoms. The molecule has 0 atom stereocenters. The molecule has 0 aliphatic carbocycles. The van der Waals surface area contributed by atoms with Gasteiger partial charge < -0.3 is 27.1 Å². The molecule has 1 N–H and O–H groups in total. The highest BCUT2D eigenvalue weighted by Crippen LogP contribution is 2.62. The van der Waals surface area contributed by atoms with Crippen LogP contribution in [0.1, 0.15) is 158 Å². The molecule has 6 aromatic rings. The Hall–Kier alpha value is -4.83. The van der Waals surface area contributed by atoms with Crippen LogP contribution in [0.2, 0.25) is 0 Å². The molecular formula is C60H79N2O6P3. The van der Waals surface area contributed by atoms with E-state index in [1.807, 2.05) is 72.8 Å². The second-order valence-electron chi connectivity index (χ2n) is 24.4. The van der Waals surface area contributed by atoms with Crippen molar-refractivity contribution in [1.82, 2.24) is 4.86 Å². The predicted molar refractivity (Wildman–Crippen MR) is 301 cm³/mol. The average Bonchev–Trinajstić information content (AvgIpc) is 3.25. The fourth-order valence-corrected chi connectivity index (χ4v) is 12.7. The summed E-state index contributed by atoms with van der Waals surface area (Å²) in [5.41, 5.74) is 6.55. The highest BCUT2D eigenvalue weighted by molar-refractivity contribution is 7.71. The van der Waals surface area contributed by atoms with Gasteiger partial charge in [0.1, 0.15) is 34.5 Å². The molecule has 0 radical (unpaired) electrons. The summed E-state index contributed by atoms with van der Waals surface area (Å²) >= 11 is 0. The molecule has 11 heteroatoms. The summed E-state index contributed by atoms with van der Waals surface area (Å²) < 4.78 is 47.6. The van der Waals surface area contributed by atoms with E-state index < -0.39 is 24.7 Å². The Bertz CT molecular complexity index is 2520. The number of nitrogens with zero attached hydrogens (tertiary/aromatic N) is 1. The van der Waals surface area contributed by atoms with Crippen molar-refractivity contribution in [2.45, 2.75) is 157 Å². The van der Waals surface area contributed by atoms with E-state index in [9.17, 15) is 0 Å². The quantitative estimate of drug-likeness (QED) is 0.103. The van der Waals surface area contributed by atoms with Gasteiger partial charge in [0, 0.05) is 0 Å². The third-order valence-electron chi connectivity index (χ3n) is 11.9. The standard InChI is InChI=1S/C60H79N2O6P3/c1-55(2,3)43-19-31-49(32-20-43)63-69(64-50-33-21-44(22-34-50)56(4,5)6)61-71(67-53-39-27-47(28-40-53)59(13,14)15,68-54-41-29-48(30-42-54)60(16,17)18)62-70(65-51-35-23-45(24-36-51)57(7,8)9)66-52-37-25-46(26-38-52)58(10,11)12/h19-42,61H,1-18H3. The van der Waals surface area contributed by atoms with Gasteiger partial charge in [-0.2, -0.15) is 0 Å². The third-order valence-corrected chi connectivity index (χ3v) is 17.5. The minimum absolute atomic E-state index is 0.0591. The molecule has 0 saturated carbocycles. The van der Waals surface area contributed by atoms with Gasteiger partial charge in [-0.25, -0.2) is 0 Å². The molecule has 0 spiro atoms. The van der Waals surface area contributed by atoms with Crippen LogP contribution in [0.15, 0.2) is 150 Å². The number of nitrogens with one attached hydrogen (secondary N) is 1. The summed E-state index contributed by atoms with van der Waals surface area (Å²) in [5.74, 6) is 3.39. The third kappa shape index (κ3) is 16.1. The van der Waals surface area contributed by atoms with E-state index in [-0.39, 0.29) is 32.5 Å². The number of hydrogen-bond donors (Lipinski definition) is 1. The van der Waals surface area contributed by atoms with Crippen molar-refractivity contribution >= 4 is 24.7 Å². The van der Waals surface area contributed by atoms with Gasteiger partial charge in [0.25, 0.3) is 0 Å². The number of hydrogen-bond acceptors (Lipinski definition) is 7. The van der Waals surface area contributed by atoms with E-state index in [0.717, 1.165) is 11.1 Å². The van der Waals surface area contributed by atoms with Gasteiger partial charge in [0.2, 0.25) is 0 Å². The first-order valence-electron chi connectivity index (χ1n) is 24.6. The molecule has 6 rings (SSSR count). The van der Waals surface area contributed by atoms with E-state index in [1.54, 1.807) is 0 Å². The van der Waals surface area contributed by atoms with Crippen LogP contribution in [-0.2, 0) is 32.5 Å². The van der Waals surface area contributed by atoms with Gasteiger partial charge in [-0.05, 0) is 139 Å². The Kier molecular flexibility index (Phi) is 17.0. The van der Waals surface area contributed by atoms with Crippen molar-refractivity contribution in [3.05, 3.63) is 179 Å². The minimum Gasteiger partial charge on any atom is -0.427 e. The summed E-state index contributed by atoms with van der Waals surface area (Å²) in [7, 11) is -8.31. The smallest absolute Gasteiger partial charge is 0.427 e.